The zero-order valence-electron chi connectivity index (χ0n) is 11.6. The molecule has 3 rings (SSSR count). The lowest BCUT2D eigenvalue weighted by atomic mass is 10.2. The third-order valence-corrected chi connectivity index (χ3v) is 5.20. The van der Waals surface area contributed by atoms with E-state index in [1.54, 1.807) is 6.07 Å². The monoisotopic (exact) mass is 394 g/mol. The number of aromatic nitrogens is 1. The van der Waals surface area contributed by atoms with E-state index in [-0.39, 0.29) is 0 Å². The largest absolute Gasteiger partial charge is 0.442 e. The number of anilines is 1. The molecule has 0 radical (unpaired) electrons. The van der Waals surface area contributed by atoms with Crippen molar-refractivity contribution in [2.24, 2.45) is 0 Å². The van der Waals surface area contributed by atoms with Crippen molar-refractivity contribution in [1.29, 1.82) is 0 Å². The molecule has 0 fully saturated rings. The number of ether oxygens (including phenoxy) is 1. The van der Waals surface area contributed by atoms with Crippen LogP contribution in [0.25, 0.3) is 11.3 Å². The predicted molar refractivity (Wildman–Crippen MR) is 95.9 cm³/mol. The van der Waals surface area contributed by atoms with E-state index in [4.69, 9.17) is 22.1 Å². The highest BCUT2D eigenvalue weighted by Gasteiger charge is 2.16. The summed E-state index contributed by atoms with van der Waals surface area (Å²) in [6, 6.07) is 13.4. The fraction of sp³-hybridized carbons (Fsp3) is 0.0625. The highest BCUT2D eigenvalue weighted by Crippen LogP contribution is 2.42. The normalized spacial score (nSPS) is 10.7. The van der Waals surface area contributed by atoms with E-state index in [9.17, 15) is 0 Å². The lowest BCUT2D eigenvalue weighted by Crippen LogP contribution is -1.91. The summed E-state index contributed by atoms with van der Waals surface area (Å²) in [6.45, 7) is 1.91. The highest BCUT2D eigenvalue weighted by atomic mass is 79.9. The van der Waals surface area contributed by atoms with Gasteiger partial charge in [0.05, 0.1) is 9.50 Å². The number of hydrogen-bond donors (Lipinski definition) is 1. The molecule has 0 aliphatic heterocycles. The lowest BCUT2D eigenvalue weighted by molar-refractivity contribution is 0.494. The van der Waals surface area contributed by atoms with Gasteiger partial charge >= 0.3 is 0 Å². The molecule has 0 amide bonds. The fourth-order valence-electron chi connectivity index (χ4n) is 1.95. The van der Waals surface area contributed by atoms with E-state index in [1.807, 2.05) is 43.3 Å². The van der Waals surface area contributed by atoms with Gasteiger partial charge in [-0.25, -0.2) is 0 Å². The Morgan fingerprint density at radius 2 is 1.95 bits per heavy atom. The van der Waals surface area contributed by atoms with Crippen molar-refractivity contribution in [2.45, 2.75) is 6.92 Å². The van der Waals surface area contributed by atoms with Crippen LogP contribution in [0, 0.1) is 6.92 Å². The molecule has 0 saturated carbocycles. The van der Waals surface area contributed by atoms with Crippen LogP contribution in [0.15, 0.2) is 46.9 Å². The molecule has 0 bridgehead atoms. The second-order valence-electron chi connectivity index (χ2n) is 4.74. The Morgan fingerprint density at radius 1 is 1.23 bits per heavy atom. The van der Waals surface area contributed by atoms with E-state index in [1.165, 1.54) is 11.5 Å². The minimum absolute atomic E-state index is 0.477. The summed E-state index contributed by atoms with van der Waals surface area (Å²) in [5.74, 6) is 0.567. The number of nitrogens with zero attached hydrogens (tertiary/aromatic N) is 1. The summed E-state index contributed by atoms with van der Waals surface area (Å²) in [4.78, 5) is 0. The van der Waals surface area contributed by atoms with Crippen molar-refractivity contribution in [3.63, 3.8) is 0 Å². The first kappa shape index (κ1) is 15.3. The molecule has 0 spiro atoms. The van der Waals surface area contributed by atoms with E-state index in [0.717, 1.165) is 21.3 Å². The Morgan fingerprint density at radius 3 is 2.68 bits per heavy atom. The molecule has 3 nitrogen and oxygen atoms in total. The van der Waals surface area contributed by atoms with Gasteiger partial charge in [0.15, 0.2) is 0 Å². The topological polar surface area (TPSA) is 48.1 Å². The Kier molecular flexibility index (Phi) is 4.38. The second kappa shape index (κ2) is 6.28. The van der Waals surface area contributed by atoms with Crippen molar-refractivity contribution < 1.29 is 4.74 Å². The molecule has 112 valence electrons. The van der Waals surface area contributed by atoms with Crippen LogP contribution < -0.4 is 10.5 Å². The maximum atomic E-state index is 6.19. The summed E-state index contributed by atoms with van der Waals surface area (Å²) in [7, 11) is 0. The van der Waals surface area contributed by atoms with E-state index < -0.39 is 0 Å². The molecule has 2 aromatic carbocycles. The van der Waals surface area contributed by atoms with Crippen LogP contribution >= 0.6 is 39.1 Å². The molecule has 1 aromatic heterocycles. The summed E-state index contributed by atoms with van der Waals surface area (Å²) >= 11 is 11.0. The first-order valence-electron chi connectivity index (χ1n) is 6.50. The van der Waals surface area contributed by atoms with E-state index in [2.05, 4.69) is 20.3 Å². The molecule has 22 heavy (non-hydrogen) atoms. The minimum Gasteiger partial charge on any atom is -0.442 e. The van der Waals surface area contributed by atoms with Crippen molar-refractivity contribution in [3.8, 4) is 22.1 Å². The lowest BCUT2D eigenvalue weighted by Gasteiger charge is -2.08. The summed E-state index contributed by atoms with van der Waals surface area (Å²) in [5.41, 5.74) is 9.28. The van der Waals surface area contributed by atoms with Crippen LogP contribution in [0.3, 0.4) is 0 Å². The van der Waals surface area contributed by atoms with Crippen LogP contribution in [0.2, 0.25) is 5.02 Å². The quantitative estimate of drug-likeness (QED) is 0.561. The smallest absolute Gasteiger partial charge is 0.215 e. The SMILES string of the molecule is Cc1cc(Oc2snc(-c3ccccc3)c2Br)c(Cl)cc1N. The van der Waals surface area contributed by atoms with Crippen molar-refractivity contribution >= 4 is 44.8 Å². The van der Waals surface area contributed by atoms with Crippen LogP contribution in [-0.2, 0) is 0 Å². The van der Waals surface area contributed by atoms with Crippen molar-refractivity contribution in [1.82, 2.24) is 4.37 Å². The second-order valence-corrected chi connectivity index (χ2v) is 6.68. The van der Waals surface area contributed by atoms with Gasteiger partial charge in [-0.1, -0.05) is 41.9 Å². The first-order chi connectivity index (χ1) is 10.6. The maximum Gasteiger partial charge on any atom is 0.215 e. The van der Waals surface area contributed by atoms with Crippen LogP contribution in [0.4, 0.5) is 5.69 Å². The Labute approximate surface area is 146 Å². The molecule has 0 atom stereocenters. The maximum absolute atomic E-state index is 6.19. The first-order valence-corrected chi connectivity index (χ1v) is 8.44. The van der Waals surface area contributed by atoms with Crippen LogP contribution in [0.5, 0.6) is 10.8 Å². The van der Waals surface area contributed by atoms with Crippen LogP contribution in [-0.4, -0.2) is 4.37 Å². The number of nitrogen functional groups attached to an aromatic ring is 1. The minimum atomic E-state index is 0.477. The van der Waals surface area contributed by atoms with Gasteiger partial charge in [-0.05, 0) is 40.5 Å². The molecule has 0 unspecified atom stereocenters. The highest BCUT2D eigenvalue weighted by molar-refractivity contribution is 9.10. The van der Waals surface area contributed by atoms with E-state index in [0.29, 0.717) is 21.5 Å². The number of rotatable bonds is 3. The molecule has 1 heterocycles. The summed E-state index contributed by atoms with van der Waals surface area (Å²) < 4.78 is 11.2. The standard InChI is InChI=1S/C16H12BrClN2OS/c1-9-7-13(11(18)8-12(9)19)21-16-14(17)15(20-22-16)10-5-3-2-4-6-10/h2-8H,19H2,1H3. The van der Waals surface area contributed by atoms with Gasteiger partial charge < -0.3 is 10.5 Å². The van der Waals surface area contributed by atoms with Gasteiger partial charge in [0.1, 0.15) is 11.4 Å². The number of hydrogen-bond acceptors (Lipinski definition) is 4. The van der Waals surface area contributed by atoms with Gasteiger partial charge in [0.2, 0.25) is 5.06 Å². The number of aryl methyl sites for hydroxylation is 1. The molecule has 6 heteroatoms. The van der Waals surface area contributed by atoms with Gasteiger partial charge in [-0.3, -0.25) is 0 Å². The van der Waals surface area contributed by atoms with Crippen molar-refractivity contribution in [3.05, 3.63) is 57.5 Å². The number of nitrogens with two attached hydrogens (primary N) is 1. The third kappa shape index (κ3) is 2.97. The van der Waals surface area contributed by atoms with E-state index >= 15 is 0 Å². The number of halogens is 2. The predicted octanol–water partition coefficient (Wildman–Crippen LogP) is 5.91. The van der Waals surface area contributed by atoms with Gasteiger partial charge in [0, 0.05) is 22.8 Å². The average Bonchev–Trinajstić information content (AvgIpc) is 2.87. The Bertz CT molecular complexity index is 821. The van der Waals surface area contributed by atoms with Gasteiger partial charge in [-0.15, -0.1) is 0 Å². The van der Waals surface area contributed by atoms with Crippen molar-refractivity contribution in [2.75, 3.05) is 5.73 Å². The molecule has 3 aromatic rings. The molecule has 2 N–H and O–H groups in total. The summed E-state index contributed by atoms with van der Waals surface area (Å²) in [5, 5.41) is 1.13. The molecular weight excluding hydrogens is 384 g/mol. The zero-order chi connectivity index (χ0) is 15.7. The molecule has 0 aliphatic rings. The summed E-state index contributed by atoms with van der Waals surface area (Å²) in [6.07, 6.45) is 0. The Hall–Kier alpha value is -1.56. The molecular formula is C16H12BrClN2OS. The van der Waals surface area contributed by atoms with Gasteiger partial charge in [-0.2, -0.15) is 4.37 Å². The fourth-order valence-corrected chi connectivity index (χ4v) is 3.57. The van der Waals surface area contributed by atoms with Crippen LogP contribution in [0.1, 0.15) is 5.56 Å². The molecule has 0 aliphatic carbocycles. The zero-order valence-corrected chi connectivity index (χ0v) is 14.8. The average molecular weight is 396 g/mol. The van der Waals surface area contributed by atoms with Gasteiger partial charge in [0.25, 0.3) is 0 Å². The third-order valence-electron chi connectivity index (χ3n) is 3.18. The molecule has 0 saturated heterocycles. The number of benzene rings is 2. The Balaban J connectivity index is 1.95.